The second-order valence-corrected chi connectivity index (χ2v) is 4.07. The molecular weight excluding hydrogens is 196 g/mol. The lowest BCUT2D eigenvalue weighted by atomic mass is 9.89. The van der Waals surface area contributed by atoms with Crippen LogP contribution in [-0.4, -0.2) is 54.4 Å². The summed E-state index contributed by atoms with van der Waals surface area (Å²) in [5, 5.41) is 9.85. The first kappa shape index (κ1) is 12.4. The van der Waals surface area contributed by atoms with Crippen LogP contribution in [0.4, 0.5) is 0 Å². The van der Waals surface area contributed by atoms with E-state index in [1.165, 1.54) is 0 Å². The highest BCUT2D eigenvalue weighted by Crippen LogP contribution is 2.25. The van der Waals surface area contributed by atoms with E-state index in [-0.39, 0.29) is 12.5 Å². The molecular formula is C10H20N2O3. The van der Waals surface area contributed by atoms with E-state index in [1.807, 2.05) is 6.92 Å². The SMILES string of the molecule is CCCC1(O)CN(C(=O)COCCN)C1. The normalized spacial score (nSPS) is 18.7. The van der Waals surface area contributed by atoms with Gasteiger partial charge in [0.1, 0.15) is 6.61 Å². The number of β-amino-alcohol motifs (C(OH)–C–C–N with tert-alkyl or cyclic N) is 1. The molecule has 88 valence electrons. The fourth-order valence-corrected chi connectivity index (χ4v) is 1.80. The van der Waals surface area contributed by atoms with Crippen molar-refractivity contribution in [3.63, 3.8) is 0 Å². The van der Waals surface area contributed by atoms with Crippen molar-refractivity contribution < 1.29 is 14.6 Å². The third kappa shape index (κ3) is 3.44. The van der Waals surface area contributed by atoms with Crippen LogP contribution in [0.25, 0.3) is 0 Å². The maximum atomic E-state index is 11.4. The molecule has 0 aromatic rings. The molecule has 0 saturated carbocycles. The van der Waals surface area contributed by atoms with E-state index in [9.17, 15) is 9.90 Å². The Kier molecular flexibility index (Phi) is 4.50. The van der Waals surface area contributed by atoms with Gasteiger partial charge in [0.25, 0.3) is 0 Å². The Morgan fingerprint density at radius 3 is 2.80 bits per heavy atom. The Bertz CT molecular complexity index is 215. The molecule has 0 aromatic carbocycles. The summed E-state index contributed by atoms with van der Waals surface area (Å²) in [6.45, 7) is 3.79. The molecule has 1 saturated heterocycles. The summed E-state index contributed by atoms with van der Waals surface area (Å²) in [4.78, 5) is 13.1. The van der Waals surface area contributed by atoms with Gasteiger partial charge in [0.05, 0.1) is 25.3 Å². The number of ether oxygens (including phenoxy) is 1. The van der Waals surface area contributed by atoms with Crippen LogP contribution in [0, 0.1) is 0 Å². The van der Waals surface area contributed by atoms with Crippen molar-refractivity contribution in [2.75, 3.05) is 32.8 Å². The average Bonchev–Trinajstić information content (AvgIpc) is 2.14. The Hall–Kier alpha value is -0.650. The van der Waals surface area contributed by atoms with Crippen LogP contribution >= 0.6 is 0 Å². The highest BCUT2D eigenvalue weighted by atomic mass is 16.5. The highest BCUT2D eigenvalue weighted by Gasteiger charge is 2.42. The topological polar surface area (TPSA) is 75.8 Å². The minimum absolute atomic E-state index is 0.0655. The average molecular weight is 216 g/mol. The van der Waals surface area contributed by atoms with Gasteiger partial charge in [-0.25, -0.2) is 0 Å². The molecule has 1 fully saturated rings. The fraction of sp³-hybridized carbons (Fsp3) is 0.900. The predicted octanol–water partition coefficient (Wildman–Crippen LogP) is -0.665. The number of nitrogens with two attached hydrogens (primary N) is 1. The highest BCUT2D eigenvalue weighted by molar-refractivity contribution is 5.78. The minimum atomic E-state index is -0.654. The molecule has 5 nitrogen and oxygen atoms in total. The number of likely N-dealkylation sites (tertiary alicyclic amines) is 1. The molecule has 1 amide bonds. The summed E-state index contributed by atoms with van der Waals surface area (Å²) >= 11 is 0. The number of carbonyl (C=O) groups is 1. The van der Waals surface area contributed by atoms with E-state index in [1.54, 1.807) is 4.90 Å². The van der Waals surface area contributed by atoms with E-state index in [0.717, 1.165) is 12.8 Å². The molecule has 0 unspecified atom stereocenters. The van der Waals surface area contributed by atoms with Gasteiger partial charge in [0.2, 0.25) is 5.91 Å². The lowest BCUT2D eigenvalue weighted by Gasteiger charge is -2.46. The molecule has 1 rings (SSSR count). The zero-order valence-electron chi connectivity index (χ0n) is 9.24. The summed E-state index contributed by atoms with van der Waals surface area (Å²) in [5.41, 5.74) is 4.58. The molecule has 1 aliphatic rings. The van der Waals surface area contributed by atoms with Crippen molar-refractivity contribution in [2.24, 2.45) is 5.73 Å². The summed E-state index contributed by atoms with van der Waals surface area (Å²) < 4.78 is 5.03. The van der Waals surface area contributed by atoms with Gasteiger partial charge < -0.3 is 20.5 Å². The Labute approximate surface area is 90.2 Å². The number of aliphatic hydroxyl groups is 1. The van der Waals surface area contributed by atoms with Crippen LogP contribution in [0.2, 0.25) is 0 Å². The first-order valence-electron chi connectivity index (χ1n) is 5.39. The third-order valence-electron chi connectivity index (χ3n) is 2.53. The smallest absolute Gasteiger partial charge is 0.248 e. The monoisotopic (exact) mass is 216 g/mol. The van der Waals surface area contributed by atoms with Crippen molar-refractivity contribution in [1.82, 2.24) is 4.90 Å². The van der Waals surface area contributed by atoms with Gasteiger partial charge in [-0.05, 0) is 6.42 Å². The van der Waals surface area contributed by atoms with Crippen molar-refractivity contribution in [2.45, 2.75) is 25.4 Å². The van der Waals surface area contributed by atoms with Gasteiger partial charge in [-0.1, -0.05) is 13.3 Å². The molecule has 1 heterocycles. The van der Waals surface area contributed by atoms with E-state index >= 15 is 0 Å². The zero-order chi connectivity index (χ0) is 11.3. The van der Waals surface area contributed by atoms with Crippen molar-refractivity contribution in [3.8, 4) is 0 Å². The molecule has 1 aliphatic heterocycles. The quantitative estimate of drug-likeness (QED) is 0.578. The number of nitrogens with zero attached hydrogens (tertiary/aromatic N) is 1. The van der Waals surface area contributed by atoms with E-state index in [4.69, 9.17) is 10.5 Å². The molecule has 15 heavy (non-hydrogen) atoms. The van der Waals surface area contributed by atoms with Crippen LogP contribution in [-0.2, 0) is 9.53 Å². The van der Waals surface area contributed by atoms with Gasteiger partial charge in [0, 0.05) is 6.54 Å². The van der Waals surface area contributed by atoms with E-state index < -0.39 is 5.60 Å². The van der Waals surface area contributed by atoms with Crippen molar-refractivity contribution in [1.29, 1.82) is 0 Å². The van der Waals surface area contributed by atoms with Gasteiger partial charge in [-0.3, -0.25) is 4.79 Å². The molecule has 0 aromatic heterocycles. The second kappa shape index (κ2) is 5.44. The minimum Gasteiger partial charge on any atom is -0.386 e. The fourth-order valence-electron chi connectivity index (χ4n) is 1.80. The summed E-state index contributed by atoms with van der Waals surface area (Å²) in [6, 6.07) is 0. The molecule has 0 radical (unpaired) electrons. The third-order valence-corrected chi connectivity index (χ3v) is 2.53. The second-order valence-electron chi connectivity index (χ2n) is 4.07. The van der Waals surface area contributed by atoms with Gasteiger partial charge in [-0.2, -0.15) is 0 Å². The van der Waals surface area contributed by atoms with Crippen molar-refractivity contribution in [3.05, 3.63) is 0 Å². The molecule has 0 atom stereocenters. The lowest BCUT2D eigenvalue weighted by molar-refractivity contribution is -0.160. The zero-order valence-corrected chi connectivity index (χ0v) is 9.24. The molecule has 0 spiro atoms. The van der Waals surface area contributed by atoms with Gasteiger partial charge in [-0.15, -0.1) is 0 Å². The van der Waals surface area contributed by atoms with Crippen LogP contribution < -0.4 is 5.73 Å². The van der Waals surface area contributed by atoms with Crippen LogP contribution in [0.5, 0.6) is 0 Å². The molecule has 0 bridgehead atoms. The number of amides is 1. The maximum absolute atomic E-state index is 11.4. The Balaban J connectivity index is 2.17. The van der Waals surface area contributed by atoms with Crippen LogP contribution in [0.1, 0.15) is 19.8 Å². The van der Waals surface area contributed by atoms with E-state index in [2.05, 4.69) is 0 Å². The van der Waals surface area contributed by atoms with Crippen LogP contribution in [0.15, 0.2) is 0 Å². The Morgan fingerprint density at radius 2 is 2.27 bits per heavy atom. The molecule has 0 aliphatic carbocycles. The van der Waals surface area contributed by atoms with Gasteiger partial charge >= 0.3 is 0 Å². The number of hydrogen-bond acceptors (Lipinski definition) is 4. The summed E-state index contributed by atoms with van der Waals surface area (Å²) in [7, 11) is 0. The predicted molar refractivity (Wildman–Crippen MR) is 56.3 cm³/mol. The lowest BCUT2D eigenvalue weighted by Crippen LogP contribution is -2.64. The largest absolute Gasteiger partial charge is 0.386 e. The number of rotatable bonds is 6. The summed E-state index contributed by atoms with van der Waals surface area (Å²) in [6.07, 6.45) is 1.68. The van der Waals surface area contributed by atoms with Crippen LogP contribution in [0.3, 0.4) is 0 Å². The Morgan fingerprint density at radius 1 is 1.60 bits per heavy atom. The molecule has 5 heteroatoms. The van der Waals surface area contributed by atoms with E-state index in [0.29, 0.717) is 26.2 Å². The number of carbonyl (C=O) groups excluding carboxylic acids is 1. The molecule has 3 N–H and O–H groups in total. The first-order valence-corrected chi connectivity index (χ1v) is 5.39. The first-order chi connectivity index (χ1) is 7.11. The maximum Gasteiger partial charge on any atom is 0.248 e. The standard InChI is InChI=1S/C10H20N2O3/c1-2-3-10(14)7-12(8-10)9(13)6-15-5-4-11/h14H,2-8,11H2,1H3. The number of hydrogen-bond donors (Lipinski definition) is 2. The van der Waals surface area contributed by atoms with Gasteiger partial charge in [0.15, 0.2) is 0 Å². The summed E-state index contributed by atoms with van der Waals surface area (Å²) in [5.74, 6) is -0.0655. The van der Waals surface area contributed by atoms with Crippen molar-refractivity contribution >= 4 is 5.91 Å².